The molecule has 44 heavy (non-hydrogen) atoms. The van der Waals surface area contributed by atoms with Crippen molar-refractivity contribution >= 4 is 17.5 Å². The number of amides is 1. The largest absolute Gasteiger partial charge is 0.495 e. The van der Waals surface area contributed by atoms with Crippen molar-refractivity contribution in [1.82, 2.24) is 30.0 Å². The Hall–Kier alpha value is -4.28. The van der Waals surface area contributed by atoms with Crippen LogP contribution in [0.15, 0.2) is 54.7 Å². The van der Waals surface area contributed by atoms with Crippen molar-refractivity contribution in [3.8, 4) is 28.3 Å². The highest BCUT2D eigenvalue weighted by Gasteiger charge is 2.29. The molecule has 0 unspecified atom stereocenters. The van der Waals surface area contributed by atoms with Crippen molar-refractivity contribution in [2.75, 3.05) is 38.7 Å². The van der Waals surface area contributed by atoms with Gasteiger partial charge >= 0.3 is 0 Å². The minimum atomic E-state index is -0.0766. The average molecular weight is 594 g/mol. The van der Waals surface area contributed by atoms with E-state index in [-0.39, 0.29) is 11.9 Å². The third kappa shape index (κ3) is 5.67. The molecule has 0 atom stereocenters. The van der Waals surface area contributed by atoms with Gasteiger partial charge in [-0.05, 0) is 62.3 Å². The van der Waals surface area contributed by atoms with Gasteiger partial charge in [0.15, 0.2) is 0 Å². The maximum atomic E-state index is 13.2. The molecular formula is C34H39N7O3. The Kier molecular flexibility index (Phi) is 8.01. The minimum absolute atomic E-state index is 0.0766. The summed E-state index contributed by atoms with van der Waals surface area (Å²) < 4.78 is 13.2. The van der Waals surface area contributed by atoms with Gasteiger partial charge in [-0.25, -0.2) is 9.97 Å². The van der Waals surface area contributed by atoms with E-state index >= 15 is 0 Å². The highest BCUT2D eigenvalue weighted by atomic mass is 16.5. The lowest BCUT2D eigenvalue weighted by atomic mass is 9.89. The summed E-state index contributed by atoms with van der Waals surface area (Å²) in [7, 11) is 3.59. The monoisotopic (exact) mass is 593 g/mol. The standard InChI is InChI=1S/C34H39N7O3/c1-40-32(22-6-4-3-5-7-22)30-28(39-40)15-9-24-21-35-34(38-31(24)30)37-27-14-8-23(20-29(27)43-2)33(42)36-25-10-12-26(13-11-25)41-16-18-44-19-17-41/h3-8,14,20-21,25-26H,9-13,15-19H2,1-2H3,(H,36,42)(H,35,37,38). The maximum Gasteiger partial charge on any atom is 0.251 e. The Morgan fingerprint density at radius 3 is 2.59 bits per heavy atom. The lowest BCUT2D eigenvalue weighted by Crippen LogP contribution is -2.47. The molecule has 1 amide bonds. The van der Waals surface area contributed by atoms with Crippen molar-refractivity contribution in [3.63, 3.8) is 0 Å². The third-order valence-electron chi connectivity index (χ3n) is 9.20. The van der Waals surface area contributed by atoms with Gasteiger partial charge in [0.1, 0.15) is 5.75 Å². The van der Waals surface area contributed by atoms with Crippen LogP contribution in [-0.2, 0) is 24.6 Å². The van der Waals surface area contributed by atoms with E-state index in [9.17, 15) is 4.79 Å². The van der Waals surface area contributed by atoms with E-state index in [1.807, 2.05) is 48.3 Å². The van der Waals surface area contributed by atoms with Gasteiger partial charge < -0.3 is 20.1 Å². The molecule has 1 aliphatic heterocycles. The van der Waals surface area contributed by atoms with Crippen LogP contribution >= 0.6 is 0 Å². The van der Waals surface area contributed by atoms with Crippen molar-refractivity contribution in [1.29, 1.82) is 0 Å². The summed E-state index contributed by atoms with van der Waals surface area (Å²) in [6, 6.07) is 16.5. The Labute approximate surface area is 257 Å². The summed E-state index contributed by atoms with van der Waals surface area (Å²) in [5.41, 5.74) is 7.52. The number of morpholine rings is 1. The summed E-state index contributed by atoms with van der Waals surface area (Å²) >= 11 is 0. The molecule has 2 aliphatic carbocycles. The smallest absolute Gasteiger partial charge is 0.251 e. The average Bonchev–Trinajstić information content (AvgIpc) is 3.42. The van der Waals surface area contributed by atoms with Crippen LogP contribution in [0.3, 0.4) is 0 Å². The summed E-state index contributed by atoms with van der Waals surface area (Å²) in [4.78, 5) is 25.4. The van der Waals surface area contributed by atoms with Gasteiger partial charge in [0.2, 0.25) is 5.95 Å². The molecule has 0 radical (unpaired) electrons. The first-order chi connectivity index (χ1) is 21.6. The first-order valence-corrected chi connectivity index (χ1v) is 15.6. The zero-order chi connectivity index (χ0) is 30.0. The molecule has 0 bridgehead atoms. The number of fused-ring (bicyclic) bond motifs is 3. The topological polar surface area (TPSA) is 106 Å². The molecule has 1 saturated carbocycles. The molecule has 4 aromatic rings. The molecule has 2 aromatic heterocycles. The van der Waals surface area contributed by atoms with Gasteiger partial charge in [-0.3, -0.25) is 14.4 Å². The second-order valence-electron chi connectivity index (χ2n) is 11.9. The number of ether oxygens (including phenoxy) is 2. The molecule has 10 nitrogen and oxygen atoms in total. The van der Waals surface area contributed by atoms with Crippen LogP contribution in [0, 0.1) is 0 Å². The van der Waals surface area contributed by atoms with Crippen LogP contribution < -0.4 is 15.4 Å². The Morgan fingerprint density at radius 1 is 1.02 bits per heavy atom. The molecule has 3 heterocycles. The highest BCUT2D eigenvalue weighted by Crippen LogP contribution is 2.40. The molecule has 3 aliphatic rings. The number of aromatic nitrogens is 4. The molecule has 228 valence electrons. The number of benzene rings is 2. The Morgan fingerprint density at radius 2 is 1.82 bits per heavy atom. The van der Waals surface area contributed by atoms with E-state index in [0.717, 1.165) is 98.6 Å². The van der Waals surface area contributed by atoms with Gasteiger partial charge in [-0.2, -0.15) is 5.10 Å². The number of anilines is 2. The van der Waals surface area contributed by atoms with Crippen LogP contribution in [-0.4, -0.2) is 76.1 Å². The minimum Gasteiger partial charge on any atom is -0.495 e. The van der Waals surface area contributed by atoms with E-state index in [0.29, 0.717) is 29.0 Å². The predicted molar refractivity (Wildman–Crippen MR) is 169 cm³/mol. The number of hydrogen-bond donors (Lipinski definition) is 2. The number of rotatable bonds is 7. The quantitative estimate of drug-likeness (QED) is 0.316. The van der Waals surface area contributed by atoms with Gasteiger partial charge in [-0.15, -0.1) is 0 Å². The maximum absolute atomic E-state index is 13.2. The molecule has 2 N–H and O–H groups in total. The zero-order valence-electron chi connectivity index (χ0n) is 25.4. The normalized spacial score (nSPS) is 20.0. The number of nitrogens with one attached hydrogen (secondary N) is 2. The molecule has 0 spiro atoms. The van der Waals surface area contributed by atoms with Crippen LogP contribution in [0.1, 0.15) is 47.3 Å². The number of carbonyl (C=O) groups is 1. The molecule has 2 fully saturated rings. The molecular weight excluding hydrogens is 554 g/mol. The van der Waals surface area contributed by atoms with E-state index in [4.69, 9.17) is 19.6 Å². The van der Waals surface area contributed by atoms with Crippen LogP contribution in [0.4, 0.5) is 11.6 Å². The second-order valence-corrected chi connectivity index (χ2v) is 11.9. The SMILES string of the molecule is COc1cc(C(=O)NC2CCC(N3CCOCC3)CC2)ccc1Nc1ncc2c(n1)-c1c(nn(C)c1-c1ccccc1)CC2. The van der Waals surface area contributed by atoms with E-state index < -0.39 is 0 Å². The summed E-state index contributed by atoms with van der Waals surface area (Å²) in [5, 5.41) is 11.4. The third-order valence-corrected chi connectivity index (χ3v) is 9.20. The number of aryl methyl sites for hydroxylation is 3. The Balaban J connectivity index is 1.06. The van der Waals surface area contributed by atoms with Crippen molar-refractivity contribution in [3.05, 3.63) is 71.5 Å². The van der Waals surface area contributed by atoms with E-state index in [1.165, 1.54) is 0 Å². The van der Waals surface area contributed by atoms with Crippen molar-refractivity contribution in [2.24, 2.45) is 7.05 Å². The second kappa shape index (κ2) is 12.4. The predicted octanol–water partition coefficient (Wildman–Crippen LogP) is 4.77. The first-order valence-electron chi connectivity index (χ1n) is 15.6. The van der Waals surface area contributed by atoms with Crippen LogP contribution in [0.5, 0.6) is 5.75 Å². The molecule has 1 saturated heterocycles. The summed E-state index contributed by atoms with van der Waals surface area (Å²) in [5.74, 6) is 0.946. The van der Waals surface area contributed by atoms with Crippen molar-refractivity contribution in [2.45, 2.75) is 50.6 Å². The Bertz CT molecular complexity index is 1640. The lowest BCUT2D eigenvalue weighted by Gasteiger charge is -2.38. The van der Waals surface area contributed by atoms with E-state index in [2.05, 4.69) is 32.7 Å². The highest BCUT2D eigenvalue weighted by molar-refractivity contribution is 5.95. The van der Waals surface area contributed by atoms with Crippen molar-refractivity contribution < 1.29 is 14.3 Å². The number of nitrogens with zero attached hydrogens (tertiary/aromatic N) is 5. The molecule has 2 aromatic carbocycles. The lowest BCUT2D eigenvalue weighted by molar-refractivity contribution is 0.00664. The van der Waals surface area contributed by atoms with Gasteiger partial charge in [0.05, 0.1) is 43.1 Å². The fourth-order valence-corrected chi connectivity index (χ4v) is 6.90. The van der Waals surface area contributed by atoms with Gasteiger partial charge in [0.25, 0.3) is 5.91 Å². The molecule has 7 rings (SSSR count). The number of hydrogen-bond acceptors (Lipinski definition) is 8. The van der Waals surface area contributed by atoms with Gasteiger partial charge in [-0.1, -0.05) is 30.3 Å². The number of carbonyl (C=O) groups excluding carboxylic acids is 1. The summed E-state index contributed by atoms with van der Waals surface area (Å²) in [6.45, 7) is 3.67. The summed E-state index contributed by atoms with van der Waals surface area (Å²) in [6.07, 6.45) is 7.78. The van der Waals surface area contributed by atoms with Crippen LogP contribution in [0.25, 0.3) is 22.5 Å². The van der Waals surface area contributed by atoms with E-state index in [1.54, 1.807) is 13.2 Å². The molecule has 10 heteroatoms. The fraction of sp³-hybridized carbons (Fsp3) is 0.412. The first kappa shape index (κ1) is 28.5. The zero-order valence-corrected chi connectivity index (χ0v) is 25.4. The fourth-order valence-electron chi connectivity index (χ4n) is 6.90. The van der Waals surface area contributed by atoms with Crippen LogP contribution in [0.2, 0.25) is 0 Å². The van der Waals surface area contributed by atoms with Gasteiger partial charge in [0, 0.05) is 55.1 Å². The number of methoxy groups -OCH3 is 1.